The second kappa shape index (κ2) is 8.01. The maximum atomic E-state index is 11.5. The Morgan fingerprint density at radius 3 is 2.48 bits per heavy atom. The Labute approximate surface area is 193 Å². The van der Waals surface area contributed by atoms with Crippen molar-refractivity contribution in [3.63, 3.8) is 0 Å². The smallest absolute Gasteiger partial charge is 0.335 e. The molecule has 1 aliphatic rings. The van der Waals surface area contributed by atoms with Gasteiger partial charge in [0.05, 0.1) is 24.2 Å². The Morgan fingerprint density at radius 2 is 1.82 bits per heavy atom. The van der Waals surface area contributed by atoms with Gasteiger partial charge in [-0.15, -0.1) is 0 Å². The first-order valence-electron chi connectivity index (χ1n) is 11.0. The fraction of sp³-hybridized carbons (Fsp3) is 0.214. The topological polar surface area (TPSA) is 63.8 Å². The predicted octanol–water partition coefficient (Wildman–Crippen LogP) is 5.85. The lowest BCUT2D eigenvalue weighted by molar-refractivity contribution is 0.0697. The molecule has 166 valence electrons. The van der Waals surface area contributed by atoms with Crippen LogP contribution in [0.3, 0.4) is 0 Å². The molecule has 5 heteroatoms. The number of benzene rings is 3. The number of hydrogen-bond acceptors (Lipinski definition) is 3. The van der Waals surface area contributed by atoms with Crippen molar-refractivity contribution >= 4 is 23.1 Å². The van der Waals surface area contributed by atoms with Gasteiger partial charge in [0.25, 0.3) is 0 Å². The fourth-order valence-corrected chi connectivity index (χ4v) is 4.88. The minimum atomic E-state index is -0.928. The Kier molecular flexibility index (Phi) is 5.14. The van der Waals surface area contributed by atoms with Gasteiger partial charge >= 0.3 is 5.97 Å². The molecule has 3 aromatic carbocycles. The number of carboxylic acid groups (broad SMARTS) is 1. The van der Waals surface area contributed by atoms with E-state index in [2.05, 4.69) is 47.7 Å². The molecule has 0 aliphatic carbocycles. The van der Waals surface area contributed by atoms with E-state index in [0.29, 0.717) is 13.2 Å². The molecular weight excluding hydrogens is 412 g/mol. The fourth-order valence-electron chi connectivity index (χ4n) is 4.88. The molecule has 4 aromatic rings. The summed E-state index contributed by atoms with van der Waals surface area (Å²) in [4.78, 5) is 15.9. The number of methoxy groups -OCH3 is 1. The second-order valence-corrected chi connectivity index (χ2v) is 9.13. The summed E-state index contributed by atoms with van der Waals surface area (Å²) < 4.78 is 7.98. The zero-order valence-electron chi connectivity index (χ0n) is 19.0. The lowest BCUT2D eigenvalue weighted by Crippen LogP contribution is -2.27. The maximum absolute atomic E-state index is 11.5. The third kappa shape index (κ3) is 3.55. The van der Waals surface area contributed by atoms with Gasteiger partial charge in [0.1, 0.15) is 0 Å². The van der Waals surface area contributed by atoms with Gasteiger partial charge in [-0.3, -0.25) is 4.99 Å². The summed E-state index contributed by atoms with van der Waals surface area (Å²) in [5, 5.41) is 10.5. The molecule has 0 fully saturated rings. The van der Waals surface area contributed by atoms with Crippen molar-refractivity contribution in [2.24, 2.45) is 4.99 Å². The van der Waals surface area contributed by atoms with Crippen LogP contribution in [0.5, 0.6) is 0 Å². The van der Waals surface area contributed by atoms with Gasteiger partial charge in [-0.05, 0) is 53.1 Å². The van der Waals surface area contributed by atoms with Gasteiger partial charge in [0.2, 0.25) is 0 Å². The lowest BCUT2D eigenvalue weighted by atomic mass is 9.84. The normalized spacial score (nSPS) is 12.9. The number of rotatable bonds is 6. The van der Waals surface area contributed by atoms with Crippen LogP contribution in [0, 0.1) is 0 Å². The van der Waals surface area contributed by atoms with E-state index in [0.717, 1.165) is 39.0 Å². The average Bonchev–Trinajstić information content (AvgIpc) is 3.40. The van der Waals surface area contributed by atoms with E-state index in [1.165, 1.54) is 5.56 Å². The van der Waals surface area contributed by atoms with Crippen molar-refractivity contribution in [1.29, 1.82) is 0 Å². The highest BCUT2D eigenvalue weighted by Crippen LogP contribution is 2.44. The molecule has 0 atom stereocenters. The molecule has 1 aromatic heterocycles. The molecule has 0 unspecified atom stereocenters. The number of carboxylic acids is 1. The highest BCUT2D eigenvalue weighted by atomic mass is 16.5. The van der Waals surface area contributed by atoms with E-state index in [-0.39, 0.29) is 11.0 Å². The number of ether oxygens (including phenoxy) is 1. The molecule has 0 saturated heterocycles. The minimum Gasteiger partial charge on any atom is -0.478 e. The Morgan fingerprint density at radius 1 is 1.09 bits per heavy atom. The highest BCUT2D eigenvalue weighted by Gasteiger charge is 2.32. The van der Waals surface area contributed by atoms with Crippen LogP contribution < -0.4 is 0 Å². The number of fused-ring (bicyclic) bond motifs is 2. The van der Waals surface area contributed by atoms with Crippen LogP contribution in [-0.4, -0.2) is 35.6 Å². The Balaban J connectivity index is 1.91. The molecule has 0 bridgehead atoms. The standard InChI is InChI=1S/C28H26N2O3/c1-28(2,17-33-3)26-25(18-9-11-19(12-10-18)27(31)32)23-13-20-15-29-16-21(20)14-24(23)30(26)22-7-5-4-6-8-22/h4-14,16H,15,17H2,1-3H3,(H,31,32). The first-order chi connectivity index (χ1) is 15.9. The first-order valence-corrected chi connectivity index (χ1v) is 11.0. The molecule has 5 nitrogen and oxygen atoms in total. The molecule has 0 amide bonds. The van der Waals surface area contributed by atoms with Crippen molar-refractivity contribution < 1.29 is 14.6 Å². The molecule has 1 aliphatic heterocycles. The van der Waals surface area contributed by atoms with E-state index in [4.69, 9.17) is 4.74 Å². The van der Waals surface area contributed by atoms with Crippen molar-refractivity contribution in [1.82, 2.24) is 4.57 Å². The number of nitrogens with zero attached hydrogens (tertiary/aromatic N) is 2. The van der Waals surface area contributed by atoms with Gasteiger partial charge < -0.3 is 14.4 Å². The van der Waals surface area contributed by atoms with Crippen LogP contribution in [0.15, 0.2) is 71.7 Å². The van der Waals surface area contributed by atoms with E-state index in [1.807, 2.05) is 36.5 Å². The number of aromatic nitrogens is 1. The van der Waals surface area contributed by atoms with Gasteiger partial charge in [-0.1, -0.05) is 44.2 Å². The zero-order chi connectivity index (χ0) is 23.2. The average molecular weight is 439 g/mol. The molecule has 0 radical (unpaired) electrons. The van der Waals surface area contributed by atoms with Crippen molar-refractivity contribution in [2.75, 3.05) is 13.7 Å². The lowest BCUT2D eigenvalue weighted by Gasteiger charge is -2.28. The van der Waals surface area contributed by atoms with E-state index in [9.17, 15) is 9.90 Å². The largest absolute Gasteiger partial charge is 0.478 e. The number of aliphatic imine (C=N–C) groups is 1. The summed E-state index contributed by atoms with van der Waals surface area (Å²) in [6.45, 7) is 5.59. The van der Waals surface area contributed by atoms with Gasteiger partial charge in [-0.25, -0.2) is 4.79 Å². The maximum Gasteiger partial charge on any atom is 0.335 e. The van der Waals surface area contributed by atoms with Crippen LogP contribution in [-0.2, 0) is 16.7 Å². The van der Waals surface area contributed by atoms with E-state index >= 15 is 0 Å². The Hall–Kier alpha value is -3.70. The zero-order valence-corrected chi connectivity index (χ0v) is 19.0. The van der Waals surface area contributed by atoms with Crippen LogP contribution in [0.4, 0.5) is 0 Å². The molecule has 33 heavy (non-hydrogen) atoms. The van der Waals surface area contributed by atoms with Crippen LogP contribution in [0.2, 0.25) is 0 Å². The molecule has 2 heterocycles. The van der Waals surface area contributed by atoms with Gasteiger partial charge in [0.15, 0.2) is 0 Å². The number of para-hydroxylation sites is 1. The summed E-state index contributed by atoms with van der Waals surface area (Å²) in [6.07, 6.45) is 1.94. The molecular formula is C28H26N2O3. The Bertz CT molecular complexity index is 1380. The molecule has 0 spiro atoms. The monoisotopic (exact) mass is 438 g/mol. The van der Waals surface area contributed by atoms with Gasteiger partial charge in [-0.2, -0.15) is 0 Å². The minimum absolute atomic E-state index is 0.276. The number of aromatic carboxylic acids is 1. The molecule has 0 saturated carbocycles. The summed E-state index contributed by atoms with van der Waals surface area (Å²) in [5.74, 6) is -0.928. The predicted molar refractivity (Wildman–Crippen MR) is 132 cm³/mol. The third-order valence-corrected chi connectivity index (χ3v) is 6.30. The van der Waals surface area contributed by atoms with E-state index in [1.54, 1.807) is 19.2 Å². The van der Waals surface area contributed by atoms with Crippen molar-refractivity contribution in [3.8, 4) is 16.8 Å². The quantitative estimate of drug-likeness (QED) is 0.411. The summed E-state index contributed by atoms with van der Waals surface area (Å²) in [7, 11) is 1.73. The first kappa shape index (κ1) is 21.2. The molecule has 1 N–H and O–H groups in total. The van der Waals surface area contributed by atoms with E-state index < -0.39 is 5.97 Å². The highest BCUT2D eigenvalue weighted by molar-refractivity contribution is 6.03. The van der Waals surface area contributed by atoms with Crippen LogP contribution >= 0.6 is 0 Å². The summed E-state index contributed by atoms with van der Waals surface area (Å²) in [6, 6.07) is 22.0. The molecule has 5 rings (SSSR count). The van der Waals surface area contributed by atoms with Crippen LogP contribution in [0.1, 0.15) is 41.0 Å². The second-order valence-electron chi connectivity index (χ2n) is 9.13. The number of hydrogen-bond donors (Lipinski definition) is 1. The summed E-state index contributed by atoms with van der Waals surface area (Å²) >= 11 is 0. The van der Waals surface area contributed by atoms with Gasteiger partial charge in [0, 0.05) is 41.1 Å². The SMILES string of the molecule is COCC(C)(C)c1c(-c2ccc(C(=O)O)cc2)c2cc3c(cc2n1-c1ccccc1)C=NC3. The van der Waals surface area contributed by atoms with Crippen molar-refractivity contribution in [3.05, 3.63) is 89.1 Å². The third-order valence-electron chi connectivity index (χ3n) is 6.30. The van der Waals surface area contributed by atoms with Crippen molar-refractivity contribution in [2.45, 2.75) is 25.8 Å². The summed E-state index contributed by atoms with van der Waals surface area (Å²) in [5.41, 5.74) is 7.69. The number of carbonyl (C=O) groups is 1. The van der Waals surface area contributed by atoms with Crippen LogP contribution in [0.25, 0.3) is 27.7 Å².